The van der Waals surface area contributed by atoms with Crippen LogP contribution < -0.4 is 4.74 Å². The molecule has 0 fully saturated rings. The van der Waals surface area contributed by atoms with E-state index in [-0.39, 0.29) is 10.6 Å². The minimum absolute atomic E-state index is 0.234. The fourth-order valence-electron chi connectivity index (χ4n) is 1.93. The number of rotatable bonds is 5. The minimum Gasteiger partial charge on any atom is -0.489 e. The van der Waals surface area contributed by atoms with Crippen molar-refractivity contribution in [1.29, 1.82) is 0 Å². The summed E-state index contributed by atoms with van der Waals surface area (Å²) in [6.45, 7) is 6.51. The molecule has 0 atom stereocenters. The summed E-state index contributed by atoms with van der Waals surface area (Å²) < 4.78 is 12.3. The number of benzene rings is 1. The van der Waals surface area contributed by atoms with Crippen molar-refractivity contribution in [3.05, 3.63) is 40.7 Å². The Hall–Kier alpha value is -2.01. The van der Waals surface area contributed by atoms with Crippen LogP contribution in [0.4, 0.5) is 0 Å². The quantitative estimate of drug-likeness (QED) is 0.788. The Labute approximate surface area is 134 Å². The lowest BCUT2D eigenvalue weighted by Gasteiger charge is -2.16. The van der Waals surface area contributed by atoms with Gasteiger partial charge in [-0.1, -0.05) is 25.4 Å². The molecule has 0 aliphatic heterocycles. The van der Waals surface area contributed by atoms with Gasteiger partial charge in [0.2, 0.25) is 0 Å². The van der Waals surface area contributed by atoms with E-state index in [0.717, 1.165) is 5.56 Å². The number of aromatic nitrogens is 2. The van der Waals surface area contributed by atoms with Crippen LogP contribution in [0.25, 0.3) is 5.69 Å². The van der Waals surface area contributed by atoms with E-state index in [1.807, 2.05) is 27.0 Å². The third-order valence-corrected chi connectivity index (χ3v) is 3.38. The van der Waals surface area contributed by atoms with Crippen molar-refractivity contribution in [2.45, 2.75) is 20.8 Å². The number of nitrogens with zero attached hydrogens (tertiary/aromatic N) is 2. The molecule has 6 heteroatoms. The fourth-order valence-corrected chi connectivity index (χ4v) is 2.22. The van der Waals surface area contributed by atoms with Gasteiger partial charge in [-0.3, -0.25) is 0 Å². The summed E-state index contributed by atoms with van der Waals surface area (Å²) in [7, 11) is 1.32. The predicted molar refractivity (Wildman–Crippen MR) is 85.0 cm³/mol. The first-order chi connectivity index (χ1) is 10.4. The van der Waals surface area contributed by atoms with Crippen LogP contribution in [0, 0.1) is 12.8 Å². The lowest BCUT2D eigenvalue weighted by molar-refractivity contribution is 0.0600. The van der Waals surface area contributed by atoms with E-state index in [1.54, 1.807) is 23.0 Å². The second-order valence-corrected chi connectivity index (χ2v) is 5.81. The molecule has 0 saturated carbocycles. The minimum atomic E-state index is -0.498. The molecule has 0 amide bonds. The number of ether oxygens (including phenoxy) is 2. The van der Waals surface area contributed by atoms with Gasteiger partial charge in [-0.05, 0) is 30.5 Å². The average Bonchev–Trinajstić information content (AvgIpc) is 2.91. The smallest absolute Gasteiger partial charge is 0.339 e. The van der Waals surface area contributed by atoms with Gasteiger partial charge < -0.3 is 9.47 Å². The van der Waals surface area contributed by atoms with Crippen molar-refractivity contribution in [2.75, 3.05) is 13.7 Å². The topological polar surface area (TPSA) is 53.4 Å². The highest BCUT2D eigenvalue weighted by atomic mass is 35.5. The number of halogens is 1. The number of carbonyl (C=O) groups is 1. The Balaban J connectivity index is 2.52. The van der Waals surface area contributed by atoms with E-state index in [4.69, 9.17) is 21.1 Å². The summed E-state index contributed by atoms with van der Waals surface area (Å²) in [5.41, 5.74) is 1.98. The Bertz CT molecular complexity index is 680. The van der Waals surface area contributed by atoms with Crippen LogP contribution in [-0.2, 0) is 4.74 Å². The lowest BCUT2D eigenvalue weighted by atomic mass is 10.1. The van der Waals surface area contributed by atoms with Gasteiger partial charge in [-0.15, -0.1) is 0 Å². The molecule has 1 aromatic carbocycles. The summed E-state index contributed by atoms with van der Waals surface area (Å²) in [5, 5.41) is 4.51. The van der Waals surface area contributed by atoms with E-state index < -0.39 is 5.97 Å². The maximum absolute atomic E-state index is 11.8. The molecule has 2 rings (SSSR count). The van der Waals surface area contributed by atoms with Crippen LogP contribution >= 0.6 is 11.6 Å². The first-order valence-electron chi connectivity index (χ1n) is 6.99. The summed E-state index contributed by atoms with van der Waals surface area (Å²) in [6.07, 6.45) is 3.61. The van der Waals surface area contributed by atoms with E-state index in [1.165, 1.54) is 7.11 Å². The number of carbonyl (C=O) groups excluding carboxylic acids is 1. The molecule has 22 heavy (non-hydrogen) atoms. The number of aryl methyl sites for hydroxylation is 1. The normalized spacial score (nSPS) is 10.8. The molecule has 1 aromatic heterocycles. The second kappa shape index (κ2) is 6.83. The largest absolute Gasteiger partial charge is 0.489 e. The first kappa shape index (κ1) is 16.4. The van der Waals surface area contributed by atoms with Crippen molar-refractivity contribution >= 4 is 17.6 Å². The van der Waals surface area contributed by atoms with E-state index in [9.17, 15) is 4.79 Å². The molecule has 0 saturated heterocycles. The van der Waals surface area contributed by atoms with Crippen molar-refractivity contribution in [3.8, 4) is 11.4 Å². The Morgan fingerprint density at radius 2 is 2.14 bits per heavy atom. The molecule has 2 aromatic rings. The van der Waals surface area contributed by atoms with Crippen molar-refractivity contribution < 1.29 is 14.3 Å². The summed E-state index contributed by atoms with van der Waals surface area (Å²) in [5.74, 6) is 0.258. The highest BCUT2D eigenvalue weighted by Gasteiger charge is 2.20. The molecule has 0 aliphatic carbocycles. The van der Waals surface area contributed by atoms with Crippen LogP contribution in [0.15, 0.2) is 24.5 Å². The average molecular weight is 323 g/mol. The van der Waals surface area contributed by atoms with Gasteiger partial charge in [-0.25, -0.2) is 9.48 Å². The van der Waals surface area contributed by atoms with Gasteiger partial charge in [0.1, 0.15) is 5.69 Å². The second-order valence-electron chi connectivity index (χ2n) is 5.43. The maximum Gasteiger partial charge on any atom is 0.339 e. The van der Waals surface area contributed by atoms with Crippen LogP contribution in [0.1, 0.15) is 29.8 Å². The predicted octanol–water partition coefficient (Wildman–Crippen LogP) is 3.66. The molecule has 5 nitrogen and oxygen atoms in total. The van der Waals surface area contributed by atoms with Crippen molar-refractivity contribution in [1.82, 2.24) is 9.78 Å². The molecule has 1 heterocycles. The zero-order valence-electron chi connectivity index (χ0n) is 13.1. The monoisotopic (exact) mass is 322 g/mol. The Kier molecular flexibility index (Phi) is 5.08. The Morgan fingerprint density at radius 1 is 1.41 bits per heavy atom. The first-order valence-corrected chi connectivity index (χ1v) is 7.37. The standard InChI is InChI=1S/C16H19ClN2O3/c1-10(2)9-22-15-13(19-8-11(3)7-18-19)6-5-12(14(15)17)16(20)21-4/h5-8,10H,9H2,1-4H3. The summed E-state index contributed by atoms with van der Waals surface area (Å²) >= 11 is 6.36. The molecule has 118 valence electrons. The van der Waals surface area contributed by atoms with E-state index >= 15 is 0 Å². The molecule has 0 spiro atoms. The number of hydrogen-bond donors (Lipinski definition) is 0. The van der Waals surface area contributed by atoms with Crippen LogP contribution in [0.2, 0.25) is 5.02 Å². The van der Waals surface area contributed by atoms with Crippen LogP contribution in [0.3, 0.4) is 0 Å². The van der Waals surface area contributed by atoms with Crippen molar-refractivity contribution in [2.24, 2.45) is 5.92 Å². The molecule has 0 aliphatic rings. The van der Waals surface area contributed by atoms with Crippen molar-refractivity contribution in [3.63, 3.8) is 0 Å². The SMILES string of the molecule is COC(=O)c1ccc(-n2cc(C)cn2)c(OCC(C)C)c1Cl. The van der Waals surface area contributed by atoms with Crippen LogP contribution in [0.5, 0.6) is 5.75 Å². The molecular weight excluding hydrogens is 304 g/mol. The lowest BCUT2D eigenvalue weighted by Crippen LogP contribution is -2.10. The van der Waals surface area contributed by atoms with Gasteiger partial charge in [0.25, 0.3) is 0 Å². The fraction of sp³-hybridized carbons (Fsp3) is 0.375. The maximum atomic E-state index is 11.8. The molecular formula is C16H19ClN2O3. The molecule has 0 bridgehead atoms. The number of esters is 1. The molecule has 0 radical (unpaired) electrons. The Morgan fingerprint density at radius 3 is 2.68 bits per heavy atom. The number of hydrogen-bond acceptors (Lipinski definition) is 4. The van der Waals surface area contributed by atoms with E-state index in [2.05, 4.69) is 5.10 Å². The zero-order chi connectivity index (χ0) is 16.3. The highest BCUT2D eigenvalue weighted by Crippen LogP contribution is 2.35. The third kappa shape index (κ3) is 3.42. The summed E-state index contributed by atoms with van der Waals surface area (Å²) in [6, 6.07) is 3.36. The van der Waals surface area contributed by atoms with Gasteiger partial charge in [0.15, 0.2) is 5.75 Å². The van der Waals surface area contributed by atoms with Gasteiger partial charge in [0, 0.05) is 6.20 Å². The molecule has 0 unspecified atom stereocenters. The zero-order valence-corrected chi connectivity index (χ0v) is 13.8. The van der Waals surface area contributed by atoms with Gasteiger partial charge in [0.05, 0.1) is 30.5 Å². The van der Waals surface area contributed by atoms with Gasteiger partial charge in [-0.2, -0.15) is 5.10 Å². The van der Waals surface area contributed by atoms with Crippen LogP contribution in [-0.4, -0.2) is 29.5 Å². The highest BCUT2D eigenvalue weighted by molar-refractivity contribution is 6.35. The summed E-state index contributed by atoms with van der Waals surface area (Å²) in [4.78, 5) is 11.8. The molecule has 0 N–H and O–H groups in total. The number of methoxy groups -OCH3 is 1. The van der Waals surface area contributed by atoms with Gasteiger partial charge >= 0.3 is 5.97 Å². The van der Waals surface area contributed by atoms with E-state index in [0.29, 0.717) is 24.0 Å². The third-order valence-electron chi connectivity index (χ3n) is 3.00.